The van der Waals surface area contributed by atoms with Crippen molar-refractivity contribution in [1.29, 1.82) is 0 Å². The fourth-order valence-corrected chi connectivity index (χ4v) is 1.56. The van der Waals surface area contributed by atoms with Gasteiger partial charge in [0.15, 0.2) is 0 Å². The van der Waals surface area contributed by atoms with Crippen molar-refractivity contribution in [2.24, 2.45) is 0 Å². The second-order valence-corrected chi connectivity index (χ2v) is 6.54. The lowest BCUT2D eigenvalue weighted by Crippen LogP contribution is -1.73. The molecule has 40 heavy (non-hydrogen) atoms. The highest BCUT2D eigenvalue weighted by molar-refractivity contribution is 4.39. The van der Waals surface area contributed by atoms with Gasteiger partial charge in [-0.25, -0.2) is 0 Å². The Hall–Kier alpha value is 0. The topological polar surface area (TPSA) is 0 Å². The van der Waals surface area contributed by atoms with E-state index in [9.17, 15) is 0 Å². The van der Waals surface area contributed by atoms with Gasteiger partial charge in [0.25, 0.3) is 0 Å². The molecule has 266 valence electrons. The molecule has 0 amide bonds. The predicted molar refractivity (Wildman–Crippen MR) is 212 cm³/mol. The van der Waals surface area contributed by atoms with Gasteiger partial charge in [0.05, 0.1) is 0 Å². The van der Waals surface area contributed by atoms with Crippen LogP contribution < -0.4 is 0 Å². The fraction of sp³-hybridized carbons (Fsp3) is 1.00. The Morgan fingerprint density at radius 3 is 0.325 bits per heavy atom. The van der Waals surface area contributed by atoms with Crippen LogP contribution in [0.2, 0.25) is 0 Å². The van der Waals surface area contributed by atoms with Crippen molar-refractivity contribution in [1.82, 2.24) is 0 Å². The first kappa shape index (κ1) is 83.5. The van der Waals surface area contributed by atoms with E-state index < -0.39 is 0 Å². The van der Waals surface area contributed by atoms with Crippen LogP contribution in [0.3, 0.4) is 0 Å². The van der Waals surface area contributed by atoms with Crippen molar-refractivity contribution in [3.05, 3.63) is 0 Å². The van der Waals surface area contributed by atoms with E-state index in [0.29, 0.717) is 0 Å². The molecule has 0 saturated heterocycles. The summed E-state index contributed by atoms with van der Waals surface area (Å²) in [4.78, 5) is 0. The summed E-state index contributed by atoms with van der Waals surface area (Å²) in [6.07, 6.45) is 19.1. The van der Waals surface area contributed by atoms with Crippen LogP contribution in [-0.4, -0.2) is 0 Å². The van der Waals surface area contributed by atoms with Gasteiger partial charge < -0.3 is 0 Å². The van der Waals surface area contributed by atoms with E-state index in [1.54, 1.807) is 0 Å². The van der Waals surface area contributed by atoms with E-state index in [1.165, 1.54) is 89.9 Å². The maximum absolute atomic E-state index is 2.26. The molecule has 0 saturated carbocycles. The van der Waals surface area contributed by atoms with Crippen molar-refractivity contribution < 1.29 is 0 Å². The Bertz CT molecular complexity index is 88.6. The highest BCUT2D eigenvalue weighted by Crippen LogP contribution is 2.03. The summed E-state index contributed by atoms with van der Waals surface area (Å²) in [5.74, 6) is 0. The quantitative estimate of drug-likeness (QED) is 0.236. The Kier molecular flexibility index (Phi) is 599. The molecule has 0 aliphatic heterocycles. The third kappa shape index (κ3) is 642. The van der Waals surface area contributed by atoms with Gasteiger partial charge in [0.2, 0.25) is 0 Å². The maximum atomic E-state index is 2.26. The minimum Gasteiger partial charge on any atom is -0.0683 e. The van der Waals surface area contributed by atoms with Crippen LogP contribution in [0.4, 0.5) is 0 Å². The first-order valence-corrected chi connectivity index (χ1v) is 19.6. The molecule has 0 atom stereocenters. The molecule has 0 heterocycles. The van der Waals surface area contributed by atoms with Gasteiger partial charge in [-0.05, 0) is 0 Å². The molecule has 0 aromatic carbocycles. The summed E-state index contributed by atoms with van der Waals surface area (Å²) in [6.45, 7) is 53.9. The van der Waals surface area contributed by atoms with Gasteiger partial charge in [-0.3, -0.25) is 0 Å². The average molecular weight is 587 g/mol. The van der Waals surface area contributed by atoms with Crippen LogP contribution >= 0.6 is 0 Å². The SMILES string of the molecule is CC.CC.CC.CC.CC.CC.CC.CC.CCC.CCC.CCCCC.CCCCC.CCCCCCCC. The summed E-state index contributed by atoms with van der Waals surface area (Å²) in [5, 5.41) is 0. The molecular formula is C40H106. The molecule has 0 radical (unpaired) electrons. The molecule has 0 fully saturated rings. The van der Waals surface area contributed by atoms with Gasteiger partial charge in [-0.2, -0.15) is 0 Å². The molecule has 0 nitrogen and oxygen atoms in total. The minimum atomic E-state index is 1.25. The zero-order valence-corrected chi connectivity index (χ0v) is 35.9. The van der Waals surface area contributed by atoms with Crippen molar-refractivity contribution >= 4 is 0 Å². The molecule has 0 bridgehead atoms. The summed E-state index contributed by atoms with van der Waals surface area (Å²) in [6, 6.07) is 0. The van der Waals surface area contributed by atoms with Gasteiger partial charge >= 0.3 is 0 Å². The van der Waals surface area contributed by atoms with E-state index in [1.807, 2.05) is 111 Å². The van der Waals surface area contributed by atoms with Gasteiger partial charge in [-0.1, -0.05) is 270 Å². The summed E-state index contributed by atoms with van der Waals surface area (Å²) in [7, 11) is 0. The highest BCUT2D eigenvalue weighted by atomic mass is 13.9. The fourth-order valence-electron chi connectivity index (χ4n) is 1.56. The van der Waals surface area contributed by atoms with Crippen molar-refractivity contribution in [3.8, 4) is 0 Å². The van der Waals surface area contributed by atoms with Gasteiger partial charge in [0, 0.05) is 0 Å². The number of rotatable bonds is 9. The molecule has 0 aromatic heterocycles. The van der Waals surface area contributed by atoms with Gasteiger partial charge in [0.1, 0.15) is 0 Å². The monoisotopic (exact) mass is 587 g/mol. The second kappa shape index (κ2) is 287. The van der Waals surface area contributed by atoms with E-state index >= 15 is 0 Å². The predicted octanol–water partition coefficient (Wildman–Crippen LogP) is 18.8. The van der Waals surface area contributed by atoms with Crippen molar-refractivity contribution in [3.63, 3.8) is 0 Å². The van der Waals surface area contributed by atoms with E-state index in [0.717, 1.165) is 0 Å². The zero-order valence-electron chi connectivity index (χ0n) is 35.9. The molecule has 0 heteroatoms. The lowest BCUT2D eigenvalue weighted by atomic mass is 10.1. The minimum absolute atomic E-state index is 1.25. The molecule has 0 unspecified atom stereocenters. The molecule has 0 aliphatic rings. The maximum Gasteiger partial charge on any atom is -0.0533 e. The number of hydrogen-bond donors (Lipinski definition) is 0. The van der Waals surface area contributed by atoms with E-state index in [4.69, 9.17) is 0 Å². The average Bonchev–Trinajstić information content (AvgIpc) is 3.05. The number of unbranched alkanes of at least 4 members (excludes halogenated alkanes) is 9. The first-order valence-electron chi connectivity index (χ1n) is 19.6. The molecule has 0 aromatic rings. The molecule has 0 aliphatic carbocycles. The Labute approximate surface area is 269 Å². The van der Waals surface area contributed by atoms with Crippen LogP contribution in [-0.2, 0) is 0 Å². The smallest absolute Gasteiger partial charge is 0.0533 e. The molecule has 0 spiro atoms. The van der Waals surface area contributed by atoms with Crippen LogP contribution in [0.15, 0.2) is 0 Å². The van der Waals surface area contributed by atoms with Crippen LogP contribution in [0.5, 0.6) is 0 Å². The summed E-state index contributed by atoms with van der Waals surface area (Å²) < 4.78 is 0. The number of hydrogen-bond acceptors (Lipinski definition) is 0. The first-order chi connectivity index (χ1) is 19.6. The second-order valence-electron chi connectivity index (χ2n) is 6.54. The lowest BCUT2D eigenvalue weighted by Gasteiger charge is -1.93. The van der Waals surface area contributed by atoms with E-state index in [2.05, 4.69) is 69.2 Å². The van der Waals surface area contributed by atoms with Crippen LogP contribution in [0.1, 0.15) is 270 Å². The third-order valence-corrected chi connectivity index (χ3v) is 2.87. The highest BCUT2D eigenvalue weighted by Gasteiger charge is 1.83. The van der Waals surface area contributed by atoms with Crippen molar-refractivity contribution in [2.75, 3.05) is 0 Å². The summed E-state index contributed by atoms with van der Waals surface area (Å²) >= 11 is 0. The molecule has 0 rings (SSSR count). The summed E-state index contributed by atoms with van der Waals surface area (Å²) in [5.41, 5.74) is 0. The third-order valence-electron chi connectivity index (χ3n) is 2.87. The molecular weight excluding hydrogens is 480 g/mol. The standard InChI is InChI=1S/C8H18.2C5H12.2C3H8.8C2H6/c1-3-5-7-8-6-4-2;2*1-3-5-4-2;2*1-3-2;8*1-2/h3-8H2,1-2H3;2*3-5H2,1-2H3;2*3H2,1-2H3;8*1-2H3. The molecule has 0 N–H and O–H groups in total. The Morgan fingerprint density at radius 2 is 0.275 bits per heavy atom. The Morgan fingerprint density at radius 1 is 0.175 bits per heavy atom. The zero-order chi connectivity index (χ0) is 35.9. The van der Waals surface area contributed by atoms with Gasteiger partial charge in [-0.15, -0.1) is 0 Å². The largest absolute Gasteiger partial charge is 0.0683 e. The lowest BCUT2D eigenvalue weighted by molar-refractivity contribution is 0.624. The van der Waals surface area contributed by atoms with Crippen molar-refractivity contribution in [2.45, 2.75) is 270 Å². The normalized spacial score (nSPS) is 6.15. The Balaban J connectivity index is -0.0000000188. The van der Waals surface area contributed by atoms with Crippen LogP contribution in [0, 0.1) is 0 Å². The van der Waals surface area contributed by atoms with E-state index in [-0.39, 0.29) is 0 Å². The van der Waals surface area contributed by atoms with Crippen LogP contribution in [0.25, 0.3) is 0 Å².